The van der Waals surface area contributed by atoms with Gasteiger partial charge in [0.15, 0.2) is 5.82 Å². The van der Waals surface area contributed by atoms with Crippen LogP contribution in [-0.4, -0.2) is 30.5 Å². The van der Waals surface area contributed by atoms with Crippen LogP contribution in [0.5, 0.6) is 0 Å². The lowest BCUT2D eigenvalue weighted by Gasteiger charge is -2.29. The standard InChI is InChI=1S/C10H14N4O/c11-4-2-6-14-7-9(15)13-8-3-1-5-12-10(8)14/h1,3,5H,2,4,6-7,11H2,(H,13,15). The second-order valence-electron chi connectivity index (χ2n) is 3.49. The van der Waals surface area contributed by atoms with E-state index in [9.17, 15) is 4.79 Å². The van der Waals surface area contributed by atoms with E-state index in [1.54, 1.807) is 6.20 Å². The molecule has 0 spiro atoms. The molecule has 0 atom stereocenters. The summed E-state index contributed by atoms with van der Waals surface area (Å²) >= 11 is 0. The Balaban J connectivity index is 2.22. The average molecular weight is 206 g/mol. The normalized spacial score (nSPS) is 14.7. The van der Waals surface area contributed by atoms with Crippen molar-refractivity contribution in [3.05, 3.63) is 18.3 Å². The van der Waals surface area contributed by atoms with Crippen molar-refractivity contribution in [1.29, 1.82) is 0 Å². The molecule has 0 bridgehead atoms. The summed E-state index contributed by atoms with van der Waals surface area (Å²) in [7, 11) is 0. The molecule has 0 unspecified atom stereocenters. The molecule has 0 fully saturated rings. The lowest BCUT2D eigenvalue weighted by molar-refractivity contribution is -0.115. The minimum absolute atomic E-state index is 0.00696. The first-order valence-electron chi connectivity index (χ1n) is 5.01. The summed E-state index contributed by atoms with van der Waals surface area (Å²) in [6.45, 7) is 1.76. The molecule has 0 aliphatic carbocycles. The van der Waals surface area contributed by atoms with Crippen LogP contribution in [0.4, 0.5) is 11.5 Å². The maximum absolute atomic E-state index is 11.4. The Morgan fingerprint density at radius 2 is 2.47 bits per heavy atom. The van der Waals surface area contributed by atoms with Gasteiger partial charge in [-0.2, -0.15) is 0 Å². The summed E-state index contributed by atoms with van der Waals surface area (Å²) in [6, 6.07) is 3.67. The Morgan fingerprint density at radius 3 is 3.27 bits per heavy atom. The zero-order valence-corrected chi connectivity index (χ0v) is 8.44. The summed E-state index contributed by atoms with van der Waals surface area (Å²) in [5.41, 5.74) is 6.24. The molecule has 15 heavy (non-hydrogen) atoms. The van der Waals surface area contributed by atoms with Gasteiger partial charge >= 0.3 is 0 Å². The van der Waals surface area contributed by atoms with Crippen molar-refractivity contribution in [2.24, 2.45) is 5.73 Å². The minimum atomic E-state index is 0.00696. The van der Waals surface area contributed by atoms with Crippen LogP contribution in [0.25, 0.3) is 0 Å². The van der Waals surface area contributed by atoms with Crippen LogP contribution < -0.4 is 16.0 Å². The van der Waals surface area contributed by atoms with Gasteiger partial charge in [-0.1, -0.05) is 0 Å². The highest BCUT2D eigenvalue weighted by Crippen LogP contribution is 2.25. The second-order valence-corrected chi connectivity index (χ2v) is 3.49. The number of fused-ring (bicyclic) bond motifs is 1. The van der Waals surface area contributed by atoms with Crippen LogP contribution in [-0.2, 0) is 4.79 Å². The van der Waals surface area contributed by atoms with Gasteiger partial charge in [-0.3, -0.25) is 4.79 Å². The fraction of sp³-hybridized carbons (Fsp3) is 0.400. The maximum Gasteiger partial charge on any atom is 0.244 e. The van der Waals surface area contributed by atoms with Crippen LogP contribution in [0.1, 0.15) is 6.42 Å². The molecule has 0 saturated carbocycles. The SMILES string of the molecule is NCCCN1CC(=O)Nc2cccnc21. The van der Waals surface area contributed by atoms with E-state index in [0.717, 1.165) is 24.5 Å². The maximum atomic E-state index is 11.4. The van der Waals surface area contributed by atoms with Crippen LogP contribution in [0, 0.1) is 0 Å². The van der Waals surface area contributed by atoms with Gasteiger partial charge in [0.1, 0.15) is 0 Å². The highest BCUT2D eigenvalue weighted by atomic mass is 16.2. The van der Waals surface area contributed by atoms with Crippen LogP contribution >= 0.6 is 0 Å². The lowest BCUT2D eigenvalue weighted by atomic mass is 10.2. The van der Waals surface area contributed by atoms with Crippen molar-refractivity contribution in [2.45, 2.75) is 6.42 Å². The van der Waals surface area contributed by atoms with Gasteiger partial charge in [-0.25, -0.2) is 4.98 Å². The molecule has 2 heterocycles. The van der Waals surface area contributed by atoms with E-state index in [-0.39, 0.29) is 5.91 Å². The third-order valence-electron chi connectivity index (χ3n) is 2.33. The van der Waals surface area contributed by atoms with Crippen LogP contribution in [0.2, 0.25) is 0 Å². The molecule has 1 aliphatic heterocycles. The van der Waals surface area contributed by atoms with Gasteiger partial charge in [0.2, 0.25) is 5.91 Å². The van der Waals surface area contributed by atoms with Crippen LogP contribution in [0.15, 0.2) is 18.3 Å². The van der Waals surface area contributed by atoms with Crippen LogP contribution in [0.3, 0.4) is 0 Å². The van der Waals surface area contributed by atoms with E-state index in [2.05, 4.69) is 10.3 Å². The summed E-state index contributed by atoms with van der Waals surface area (Å²) in [6.07, 6.45) is 2.59. The summed E-state index contributed by atoms with van der Waals surface area (Å²) in [5, 5.41) is 2.79. The first kappa shape index (κ1) is 9.92. The molecule has 1 aromatic rings. The Morgan fingerprint density at radius 1 is 1.60 bits per heavy atom. The molecule has 1 amide bonds. The third-order valence-corrected chi connectivity index (χ3v) is 2.33. The molecule has 0 saturated heterocycles. The summed E-state index contributed by atoms with van der Waals surface area (Å²) in [5.74, 6) is 0.845. The molecule has 0 aromatic carbocycles. The molecular weight excluding hydrogens is 192 g/mol. The molecule has 5 nitrogen and oxygen atoms in total. The van der Waals surface area contributed by atoms with E-state index in [1.807, 2.05) is 17.0 Å². The van der Waals surface area contributed by atoms with Crippen molar-refractivity contribution in [3.63, 3.8) is 0 Å². The van der Waals surface area contributed by atoms with E-state index in [0.29, 0.717) is 13.1 Å². The largest absolute Gasteiger partial charge is 0.346 e. The number of aromatic nitrogens is 1. The third kappa shape index (κ3) is 2.07. The van der Waals surface area contributed by atoms with Gasteiger partial charge in [0, 0.05) is 12.7 Å². The highest BCUT2D eigenvalue weighted by Gasteiger charge is 2.21. The number of hydrogen-bond donors (Lipinski definition) is 2. The highest BCUT2D eigenvalue weighted by molar-refractivity contribution is 6.00. The molecule has 5 heteroatoms. The van der Waals surface area contributed by atoms with E-state index in [1.165, 1.54) is 0 Å². The Kier molecular flexibility index (Phi) is 2.82. The van der Waals surface area contributed by atoms with Gasteiger partial charge < -0.3 is 16.0 Å². The number of hydrogen-bond acceptors (Lipinski definition) is 4. The monoisotopic (exact) mass is 206 g/mol. The topological polar surface area (TPSA) is 71.2 Å². The fourth-order valence-electron chi connectivity index (χ4n) is 1.65. The van der Waals surface area contributed by atoms with Gasteiger partial charge in [0.25, 0.3) is 0 Å². The van der Waals surface area contributed by atoms with Gasteiger partial charge in [-0.15, -0.1) is 0 Å². The lowest BCUT2D eigenvalue weighted by Crippen LogP contribution is -2.39. The Hall–Kier alpha value is -1.62. The molecule has 1 aliphatic rings. The number of carbonyl (C=O) groups is 1. The zero-order valence-electron chi connectivity index (χ0n) is 8.44. The van der Waals surface area contributed by atoms with E-state index >= 15 is 0 Å². The number of amides is 1. The summed E-state index contributed by atoms with van der Waals surface area (Å²) < 4.78 is 0. The number of carbonyl (C=O) groups excluding carboxylic acids is 1. The number of anilines is 2. The Bertz CT molecular complexity index is 366. The van der Waals surface area contributed by atoms with Crippen molar-refractivity contribution < 1.29 is 4.79 Å². The second kappa shape index (κ2) is 4.27. The molecule has 2 rings (SSSR count). The van der Waals surface area contributed by atoms with Crippen molar-refractivity contribution in [2.75, 3.05) is 29.9 Å². The molecular formula is C10H14N4O. The minimum Gasteiger partial charge on any atom is -0.346 e. The zero-order chi connectivity index (χ0) is 10.7. The van der Waals surface area contributed by atoms with E-state index < -0.39 is 0 Å². The number of nitrogens with zero attached hydrogens (tertiary/aromatic N) is 2. The van der Waals surface area contributed by atoms with Gasteiger partial charge in [0.05, 0.1) is 12.2 Å². The van der Waals surface area contributed by atoms with Gasteiger partial charge in [-0.05, 0) is 25.1 Å². The van der Waals surface area contributed by atoms with Crippen molar-refractivity contribution in [1.82, 2.24) is 4.98 Å². The number of nitrogens with one attached hydrogen (secondary N) is 1. The number of pyridine rings is 1. The summed E-state index contributed by atoms with van der Waals surface area (Å²) in [4.78, 5) is 17.6. The first-order chi connectivity index (χ1) is 7.31. The van der Waals surface area contributed by atoms with Crippen molar-refractivity contribution in [3.8, 4) is 0 Å². The van der Waals surface area contributed by atoms with Crippen molar-refractivity contribution >= 4 is 17.4 Å². The predicted octanol–water partition coefficient (Wildman–Crippen LogP) is 0.189. The molecule has 80 valence electrons. The molecule has 0 radical (unpaired) electrons. The quantitative estimate of drug-likeness (QED) is 0.740. The predicted molar refractivity (Wildman–Crippen MR) is 58.8 cm³/mol. The smallest absolute Gasteiger partial charge is 0.244 e. The average Bonchev–Trinajstić information content (AvgIpc) is 2.25. The molecule has 1 aromatic heterocycles. The number of nitrogens with two attached hydrogens (primary N) is 1. The fourth-order valence-corrected chi connectivity index (χ4v) is 1.65. The van der Waals surface area contributed by atoms with E-state index in [4.69, 9.17) is 5.73 Å². The first-order valence-corrected chi connectivity index (χ1v) is 5.01. The number of rotatable bonds is 3. The Labute approximate surface area is 88.3 Å². The molecule has 3 N–H and O–H groups in total.